The average molecular weight is 276 g/mol. The number of nitrogens with zero attached hydrogens (tertiary/aromatic N) is 1. The van der Waals surface area contributed by atoms with Gasteiger partial charge in [0.15, 0.2) is 0 Å². The van der Waals surface area contributed by atoms with E-state index in [-0.39, 0.29) is 0 Å². The van der Waals surface area contributed by atoms with Crippen molar-refractivity contribution in [2.24, 2.45) is 17.1 Å². The van der Waals surface area contributed by atoms with Crippen molar-refractivity contribution < 1.29 is 4.74 Å². The molecular formula is C17H28N2O. The number of likely N-dealkylation sites (tertiary alicyclic amines) is 1. The summed E-state index contributed by atoms with van der Waals surface area (Å²) in [4.78, 5) is 2.54. The fraction of sp³-hybridized carbons (Fsp3) is 0.647. The summed E-state index contributed by atoms with van der Waals surface area (Å²) in [5, 5.41) is 0. The van der Waals surface area contributed by atoms with Crippen LogP contribution in [0.5, 0.6) is 5.75 Å². The first-order valence-corrected chi connectivity index (χ1v) is 7.52. The Kier molecular flexibility index (Phi) is 4.71. The third-order valence-electron chi connectivity index (χ3n) is 4.47. The molecule has 0 amide bonds. The molecule has 1 fully saturated rings. The topological polar surface area (TPSA) is 38.5 Å². The second-order valence-electron chi connectivity index (χ2n) is 6.94. The summed E-state index contributed by atoms with van der Waals surface area (Å²) < 4.78 is 5.48. The Morgan fingerprint density at radius 2 is 2.10 bits per heavy atom. The van der Waals surface area contributed by atoms with Gasteiger partial charge in [-0.25, -0.2) is 0 Å². The maximum absolute atomic E-state index is 5.74. The molecule has 1 saturated heterocycles. The van der Waals surface area contributed by atoms with E-state index >= 15 is 0 Å². The van der Waals surface area contributed by atoms with Gasteiger partial charge in [0.25, 0.3) is 0 Å². The number of rotatable bonds is 4. The Balaban J connectivity index is 2.07. The Morgan fingerprint density at radius 1 is 1.35 bits per heavy atom. The molecule has 2 N–H and O–H groups in total. The highest BCUT2D eigenvalue weighted by Gasteiger charge is 2.31. The normalized spacial score (nSPS) is 20.4. The van der Waals surface area contributed by atoms with Gasteiger partial charge in [-0.1, -0.05) is 26.8 Å². The van der Waals surface area contributed by atoms with Crippen LogP contribution in [0.4, 0.5) is 0 Å². The van der Waals surface area contributed by atoms with Crippen molar-refractivity contribution in [1.29, 1.82) is 0 Å². The molecule has 0 aromatic heterocycles. The van der Waals surface area contributed by atoms with Crippen molar-refractivity contribution in [3.8, 4) is 5.75 Å². The molecule has 1 aliphatic rings. The highest BCUT2D eigenvalue weighted by atomic mass is 16.5. The van der Waals surface area contributed by atoms with Crippen molar-refractivity contribution in [3.63, 3.8) is 0 Å². The van der Waals surface area contributed by atoms with Gasteiger partial charge in [-0.2, -0.15) is 0 Å². The van der Waals surface area contributed by atoms with E-state index in [1.54, 1.807) is 7.11 Å². The van der Waals surface area contributed by atoms with E-state index in [0.29, 0.717) is 12.0 Å². The second-order valence-corrected chi connectivity index (χ2v) is 6.94. The van der Waals surface area contributed by atoms with Crippen LogP contribution in [-0.2, 0) is 13.1 Å². The largest absolute Gasteiger partial charge is 0.496 e. The number of nitrogens with two attached hydrogens (primary N) is 1. The van der Waals surface area contributed by atoms with E-state index in [2.05, 4.69) is 31.7 Å². The number of hydrogen-bond acceptors (Lipinski definition) is 3. The molecule has 0 saturated carbocycles. The van der Waals surface area contributed by atoms with Crippen LogP contribution in [0, 0.1) is 11.3 Å². The number of methoxy groups -OCH3 is 1. The molecule has 3 heteroatoms. The maximum atomic E-state index is 5.74. The minimum absolute atomic E-state index is 0.401. The number of ether oxygens (including phenoxy) is 1. The average Bonchev–Trinajstić information content (AvgIpc) is 2.87. The van der Waals surface area contributed by atoms with Crippen LogP contribution in [0.2, 0.25) is 0 Å². The smallest absolute Gasteiger partial charge is 0.123 e. The first-order valence-electron chi connectivity index (χ1n) is 7.52. The molecular weight excluding hydrogens is 248 g/mol. The van der Waals surface area contributed by atoms with E-state index in [9.17, 15) is 0 Å². The van der Waals surface area contributed by atoms with Crippen LogP contribution in [0.3, 0.4) is 0 Å². The standard InChI is InChI=1S/C17H28N2O/c1-17(2,3)15-7-8-19(12-15)11-14-9-13(10-18)5-6-16(14)20-4/h5-6,9,15H,7-8,10-12,18H2,1-4H3. The fourth-order valence-electron chi connectivity index (χ4n) is 3.01. The van der Waals surface area contributed by atoms with Crippen molar-refractivity contribution in [2.45, 2.75) is 40.3 Å². The van der Waals surface area contributed by atoms with Crippen LogP contribution < -0.4 is 10.5 Å². The first kappa shape index (κ1) is 15.3. The van der Waals surface area contributed by atoms with Crippen LogP contribution in [0.15, 0.2) is 18.2 Å². The Hall–Kier alpha value is -1.06. The van der Waals surface area contributed by atoms with Gasteiger partial charge in [-0.15, -0.1) is 0 Å². The Labute approximate surface area is 123 Å². The lowest BCUT2D eigenvalue weighted by atomic mass is 9.80. The molecule has 0 aliphatic carbocycles. The van der Waals surface area contributed by atoms with Gasteiger partial charge in [0.2, 0.25) is 0 Å². The molecule has 112 valence electrons. The first-order chi connectivity index (χ1) is 9.44. The van der Waals surface area contributed by atoms with Gasteiger partial charge in [0, 0.05) is 25.2 Å². The third kappa shape index (κ3) is 3.53. The highest BCUT2D eigenvalue weighted by molar-refractivity contribution is 5.37. The molecule has 0 radical (unpaired) electrons. The van der Waals surface area contributed by atoms with Gasteiger partial charge in [0.05, 0.1) is 7.11 Å². The molecule has 1 aliphatic heterocycles. The molecule has 20 heavy (non-hydrogen) atoms. The van der Waals surface area contributed by atoms with E-state index in [1.807, 2.05) is 12.1 Å². The fourth-order valence-corrected chi connectivity index (χ4v) is 3.01. The van der Waals surface area contributed by atoms with Crippen LogP contribution >= 0.6 is 0 Å². The molecule has 2 rings (SSSR count). The predicted molar refractivity (Wildman–Crippen MR) is 83.7 cm³/mol. The summed E-state index contributed by atoms with van der Waals surface area (Å²) in [6, 6.07) is 6.27. The molecule has 1 heterocycles. The minimum Gasteiger partial charge on any atom is -0.496 e. The highest BCUT2D eigenvalue weighted by Crippen LogP contribution is 2.34. The maximum Gasteiger partial charge on any atom is 0.123 e. The van der Waals surface area contributed by atoms with E-state index in [4.69, 9.17) is 10.5 Å². The van der Waals surface area contributed by atoms with E-state index in [0.717, 1.165) is 18.2 Å². The van der Waals surface area contributed by atoms with Crippen LogP contribution in [0.25, 0.3) is 0 Å². The van der Waals surface area contributed by atoms with Gasteiger partial charge in [0.1, 0.15) is 5.75 Å². The molecule has 1 aromatic carbocycles. The van der Waals surface area contributed by atoms with E-state index < -0.39 is 0 Å². The summed E-state index contributed by atoms with van der Waals surface area (Å²) in [5.74, 6) is 1.76. The van der Waals surface area contributed by atoms with Gasteiger partial charge < -0.3 is 10.5 Å². The lowest BCUT2D eigenvalue weighted by Crippen LogP contribution is -2.26. The molecule has 1 atom stereocenters. The Morgan fingerprint density at radius 3 is 2.65 bits per heavy atom. The monoisotopic (exact) mass is 276 g/mol. The van der Waals surface area contributed by atoms with Gasteiger partial charge >= 0.3 is 0 Å². The summed E-state index contributed by atoms with van der Waals surface area (Å²) in [5.41, 5.74) is 8.57. The van der Waals surface area contributed by atoms with Crippen molar-refractivity contribution in [2.75, 3.05) is 20.2 Å². The zero-order valence-corrected chi connectivity index (χ0v) is 13.3. The predicted octanol–water partition coefficient (Wildman–Crippen LogP) is 3.02. The third-order valence-corrected chi connectivity index (χ3v) is 4.47. The summed E-state index contributed by atoms with van der Waals surface area (Å²) in [6.45, 7) is 10.9. The summed E-state index contributed by atoms with van der Waals surface area (Å²) in [6.07, 6.45) is 1.29. The zero-order chi connectivity index (χ0) is 14.8. The molecule has 1 aromatic rings. The summed E-state index contributed by atoms with van der Waals surface area (Å²) in [7, 11) is 1.74. The minimum atomic E-state index is 0.401. The Bertz CT molecular complexity index is 451. The summed E-state index contributed by atoms with van der Waals surface area (Å²) >= 11 is 0. The number of benzene rings is 1. The quantitative estimate of drug-likeness (QED) is 0.918. The van der Waals surface area contributed by atoms with Crippen molar-refractivity contribution in [3.05, 3.63) is 29.3 Å². The molecule has 1 unspecified atom stereocenters. The molecule has 3 nitrogen and oxygen atoms in total. The number of hydrogen-bond donors (Lipinski definition) is 1. The van der Waals surface area contributed by atoms with Gasteiger partial charge in [-0.3, -0.25) is 4.90 Å². The zero-order valence-electron chi connectivity index (χ0n) is 13.3. The van der Waals surface area contributed by atoms with E-state index in [1.165, 1.54) is 30.6 Å². The van der Waals surface area contributed by atoms with Crippen molar-refractivity contribution in [1.82, 2.24) is 4.90 Å². The van der Waals surface area contributed by atoms with Gasteiger partial charge in [-0.05, 0) is 42.0 Å². The van der Waals surface area contributed by atoms with Crippen LogP contribution in [-0.4, -0.2) is 25.1 Å². The molecule has 0 bridgehead atoms. The second kappa shape index (κ2) is 6.15. The van der Waals surface area contributed by atoms with Crippen LogP contribution in [0.1, 0.15) is 38.3 Å². The SMILES string of the molecule is COc1ccc(CN)cc1CN1CCC(C(C)(C)C)C1. The lowest BCUT2D eigenvalue weighted by molar-refractivity contribution is 0.225. The van der Waals surface area contributed by atoms with Crippen molar-refractivity contribution >= 4 is 0 Å². The molecule has 0 spiro atoms. The lowest BCUT2D eigenvalue weighted by Gasteiger charge is -2.27.